The predicted octanol–water partition coefficient (Wildman–Crippen LogP) is 6.68. The van der Waals surface area contributed by atoms with Gasteiger partial charge in [-0.2, -0.15) is 4.98 Å². The summed E-state index contributed by atoms with van der Waals surface area (Å²) in [5.74, 6) is 0.535. The Kier molecular flexibility index (Phi) is 7.40. The zero-order valence-corrected chi connectivity index (χ0v) is 23.0. The van der Waals surface area contributed by atoms with E-state index in [0.717, 1.165) is 16.7 Å². The van der Waals surface area contributed by atoms with Crippen LogP contribution in [0.3, 0.4) is 0 Å². The highest BCUT2D eigenvalue weighted by Crippen LogP contribution is 2.40. The van der Waals surface area contributed by atoms with Gasteiger partial charge in [-0.1, -0.05) is 71.4 Å². The molecule has 198 valence electrons. The summed E-state index contributed by atoms with van der Waals surface area (Å²) in [6.45, 7) is 5.66. The van der Waals surface area contributed by atoms with Crippen molar-refractivity contribution >= 4 is 46.6 Å². The smallest absolute Gasteiger partial charge is 0.275 e. The van der Waals surface area contributed by atoms with Crippen molar-refractivity contribution in [1.29, 1.82) is 0 Å². The van der Waals surface area contributed by atoms with Crippen molar-refractivity contribution in [3.63, 3.8) is 0 Å². The van der Waals surface area contributed by atoms with E-state index in [2.05, 4.69) is 20.7 Å². The molecular weight excluding hydrogens is 536 g/mol. The van der Waals surface area contributed by atoms with Gasteiger partial charge in [0, 0.05) is 28.2 Å². The summed E-state index contributed by atoms with van der Waals surface area (Å²) in [6.07, 6.45) is 0. The molecule has 0 radical (unpaired) electrons. The number of nitro benzene ring substituents is 1. The van der Waals surface area contributed by atoms with Crippen LogP contribution < -0.4 is 10.6 Å². The number of allylic oxidation sites excluding steroid dienone is 1. The van der Waals surface area contributed by atoms with Crippen molar-refractivity contribution in [2.24, 2.45) is 0 Å². The molecule has 1 aliphatic heterocycles. The molecule has 1 aromatic heterocycles. The van der Waals surface area contributed by atoms with E-state index in [4.69, 9.17) is 11.6 Å². The Morgan fingerprint density at radius 1 is 1.13 bits per heavy atom. The first kappa shape index (κ1) is 26.5. The minimum Gasteiger partial charge on any atom is -0.328 e. The number of anilines is 2. The Labute approximate surface area is 234 Å². The number of hydrogen-bond donors (Lipinski definition) is 2. The number of aromatic nitrogens is 3. The zero-order chi connectivity index (χ0) is 27.7. The minimum atomic E-state index is -0.879. The number of carbonyl (C=O) groups is 1. The van der Waals surface area contributed by atoms with Crippen LogP contribution in [-0.2, 0) is 10.5 Å². The summed E-state index contributed by atoms with van der Waals surface area (Å²) in [7, 11) is 0. The van der Waals surface area contributed by atoms with Crippen LogP contribution in [0.5, 0.6) is 0 Å². The van der Waals surface area contributed by atoms with Gasteiger partial charge in [-0.05, 0) is 50.1 Å². The standard InChI is InChI=1S/C28H25ClN6O3S/c1-16-12-13-22(17(2)14-16)31-26(36)24-18(3)30-27-32-28(39-15-19-8-4-6-10-21(19)29)33-34(27)25(24)20-9-5-7-11-23(20)35(37)38/h4-14,25H,15H2,1-3H3,(H,31,36)(H,30,32,33). The third kappa shape index (κ3) is 5.39. The highest BCUT2D eigenvalue weighted by atomic mass is 35.5. The van der Waals surface area contributed by atoms with Crippen LogP contribution in [-0.4, -0.2) is 25.6 Å². The monoisotopic (exact) mass is 560 g/mol. The fourth-order valence-corrected chi connectivity index (χ4v) is 5.68. The van der Waals surface area contributed by atoms with Crippen LogP contribution in [0.15, 0.2) is 83.2 Å². The topological polar surface area (TPSA) is 115 Å². The number of nitro groups is 1. The second-order valence-electron chi connectivity index (χ2n) is 9.20. The summed E-state index contributed by atoms with van der Waals surface area (Å²) in [6, 6.07) is 18.8. The highest BCUT2D eigenvalue weighted by Gasteiger charge is 2.38. The molecule has 0 spiro atoms. The fraction of sp³-hybridized carbons (Fsp3) is 0.179. The molecule has 11 heteroatoms. The number of nitrogens with one attached hydrogen (secondary N) is 2. The van der Waals surface area contributed by atoms with Gasteiger partial charge in [-0.15, -0.1) is 5.10 Å². The first-order chi connectivity index (χ1) is 18.7. The summed E-state index contributed by atoms with van der Waals surface area (Å²) < 4.78 is 1.54. The van der Waals surface area contributed by atoms with Crippen molar-refractivity contribution in [3.05, 3.63) is 115 Å². The second kappa shape index (κ2) is 10.9. The second-order valence-corrected chi connectivity index (χ2v) is 10.5. The molecule has 2 N–H and O–H groups in total. The number of benzene rings is 3. The van der Waals surface area contributed by atoms with Crippen LogP contribution in [0, 0.1) is 24.0 Å². The molecule has 0 saturated carbocycles. The Bertz CT molecular complexity index is 1630. The molecule has 9 nitrogen and oxygen atoms in total. The lowest BCUT2D eigenvalue weighted by Gasteiger charge is -2.28. The molecule has 0 bridgehead atoms. The molecule has 1 unspecified atom stereocenters. The number of carbonyl (C=O) groups excluding carboxylic acids is 1. The van der Waals surface area contributed by atoms with Crippen LogP contribution in [0.4, 0.5) is 17.3 Å². The van der Waals surface area contributed by atoms with E-state index in [1.165, 1.54) is 17.8 Å². The van der Waals surface area contributed by atoms with E-state index in [1.54, 1.807) is 29.8 Å². The number of fused-ring (bicyclic) bond motifs is 1. The summed E-state index contributed by atoms with van der Waals surface area (Å²) in [4.78, 5) is 30.0. The molecule has 2 heterocycles. The van der Waals surface area contributed by atoms with Gasteiger partial charge in [0.2, 0.25) is 11.1 Å². The first-order valence-corrected chi connectivity index (χ1v) is 13.5. The van der Waals surface area contributed by atoms with Crippen LogP contribution in [0.1, 0.15) is 35.2 Å². The number of para-hydroxylation sites is 1. The molecule has 4 aromatic rings. The van der Waals surface area contributed by atoms with Crippen LogP contribution in [0.2, 0.25) is 5.02 Å². The van der Waals surface area contributed by atoms with E-state index in [1.807, 2.05) is 56.3 Å². The van der Waals surface area contributed by atoms with E-state index in [9.17, 15) is 14.9 Å². The van der Waals surface area contributed by atoms with Crippen molar-refractivity contribution < 1.29 is 9.72 Å². The van der Waals surface area contributed by atoms with Crippen molar-refractivity contribution in [2.45, 2.75) is 37.7 Å². The fourth-order valence-electron chi connectivity index (χ4n) is 4.56. The quantitative estimate of drug-likeness (QED) is 0.147. The van der Waals surface area contributed by atoms with E-state index in [0.29, 0.717) is 44.4 Å². The van der Waals surface area contributed by atoms with Crippen molar-refractivity contribution in [3.8, 4) is 0 Å². The molecule has 0 fully saturated rings. The molecule has 5 rings (SSSR count). The number of halogens is 1. The molecule has 0 aliphatic carbocycles. The van der Waals surface area contributed by atoms with Gasteiger partial charge in [0.25, 0.3) is 11.6 Å². The van der Waals surface area contributed by atoms with Crippen molar-refractivity contribution in [2.75, 3.05) is 10.6 Å². The third-order valence-electron chi connectivity index (χ3n) is 6.45. The number of amides is 1. The summed E-state index contributed by atoms with van der Waals surface area (Å²) >= 11 is 7.70. The Hall–Kier alpha value is -4.15. The molecule has 3 aromatic carbocycles. The Morgan fingerprint density at radius 3 is 2.62 bits per heavy atom. The Balaban J connectivity index is 1.56. The average molecular weight is 561 g/mol. The van der Waals surface area contributed by atoms with Crippen LogP contribution >= 0.6 is 23.4 Å². The van der Waals surface area contributed by atoms with Gasteiger partial charge in [-0.25, -0.2) is 4.68 Å². The SMILES string of the molecule is CC1=C(C(=O)Nc2ccc(C)cc2C)C(c2ccccc2[N+](=O)[O-])n2nc(SCc3ccccc3Cl)nc2N1. The molecule has 1 amide bonds. The normalized spacial score (nSPS) is 14.5. The van der Waals surface area contributed by atoms with Crippen LogP contribution in [0.25, 0.3) is 0 Å². The highest BCUT2D eigenvalue weighted by molar-refractivity contribution is 7.98. The maximum absolute atomic E-state index is 13.8. The number of aryl methyl sites for hydroxylation is 2. The molecule has 1 aliphatic rings. The third-order valence-corrected chi connectivity index (χ3v) is 7.71. The average Bonchev–Trinajstić information content (AvgIpc) is 3.31. The lowest BCUT2D eigenvalue weighted by Crippen LogP contribution is -2.32. The molecule has 39 heavy (non-hydrogen) atoms. The lowest BCUT2D eigenvalue weighted by molar-refractivity contribution is -0.385. The zero-order valence-electron chi connectivity index (χ0n) is 21.4. The largest absolute Gasteiger partial charge is 0.328 e. The maximum Gasteiger partial charge on any atom is 0.275 e. The summed E-state index contributed by atoms with van der Waals surface area (Å²) in [5, 5.41) is 24.0. The predicted molar refractivity (Wildman–Crippen MR) is 153 cm³/mol. The Morgan fingerprint density at radius 2 is 1.87 bits per heavy atom. The first-order valence-electron chi connectivity index (χ1n) is 12.2. The van der Waals surface area contributed by atoms with Gasteiger partial charge in [0.1, 0.15) is 6.04 Å². The molecule has 1 atom stereocenters. The minimum absolute atomic E-state index is 0.110. The van der Waals surface area contributed by atoms with Crippen molar-refractivity contribution in [1.82, 2.24) is 14.8 Å². The number of rotatable bonds is 7. The lowest BCUT2D eigenvalue weighted by atomic mass is 9.93. The molecule has 0 saturated heterocycles. The molecular formula is C28H25ClN6O3S. The number of thioether (sulfide) groups is 1. The number of nitrogens with zero attached hydrogens (tertiary/aromatic N) is 4. The van der Waals surface area contributed by atoms with E-state index >= 15 is 0 Å². The summed E-state index contributed by atoms with van der Waals surface area (Å²) in [5.41, 5.74) is 4.64. The van der Waals surface area contributed by atoms with Gasteiger partial charge in [0.15, 0.2) is 0 Å². The van der Waals surface area contributed by atoms with Gasteiger partial charge >= 0.3 is 0 Å². The van der Waals surface area contributed by atoms with Gasteiger partial charge in [0.05, 0.1) is 16.1 Å². The number of hydrogen-bond acceptors (Lipinski definition) is 7. The van der Waals surface area contributed by atoms with E-state index < -0.39 is 11.0 Å². The van der Waals surface area contributed by atoms with Gasteiger partial charge < -0.3 is 10.6 Å². The van der Waals surface area contributed by atoms with Gasteiger partial charge in [-0.3, -0.25) is 14.9 Å². The van der Waals surface area contributed by atoms with E-state index in [-0.39, 0.29) is 11.6 Å². The maximum atomic E-state index is 13.8.